The standard InChI is InChI=1S/C20H21FN4O2/c1-3-18-22-11-13-9-12(5-8-16(13)24-18)20(27)23-14-6-7-15(21)17(10-14)25-19(26)4-2/h4,6-7,10-12H,2-3,5,8-9H2,1H3,(H,23,27)(H,25,26). The number of aryl methyl sites for hydroxylation is 2. The molecule has 7 heteroatoms. The second kappa shape index (κ2) is 8.07. The summed E-state index contributed by atoms with van der Waals surface area (Å²) in [6.45, 7) is 5.34. The molecule has 1 aliphatic rings. The van der Waals surface area contributed by atoms with Crippen molar-refractivity contribution in [2.24, 2.45) is 5.92 Å². The molecule has 1 unspecified atom stereocenters. The number of fused-ring (bicyclic) bond motifs is 1. The van der Waals surface area contributed by atoms with Gasteiger partial charge in [0.2, 0.25) is 11.8 Å². The minimum Gasteiger partial charge on any atom is -0.326 e. The molecule has 6 nitrogen and oxygen atoms in total. The molecular formula is C20H21FN4O2. The molecule has 27 heavy (non-hydrogen) atoms. The number of aromatic nitrogens is 2. The summed E-state index contributed by atoms with van der Waals surface area (Å²) in [4.78, 5) is 32.9. The molecule has 0 radical (unpaired) electrons. The maximum Gasteiger partial charge on any atom is 0.247 e. The van der Waals surface area contributed by atoms with Crippen molar-refractivity contribution >= 4 is 23.2 Å². The summed E-state index contributed by atoms with van der Waals surface area (Å²) in [6.07, 6.45) is 5.64. The summed E-state index contributed by atoms with van der Waals surface area (Å²) < 4.78 is 13.8. The van der Waals surface area contributed by atoms with E-state index in [-0.39, 0.29) is 17.5 Å². The maximum absolute atomic E-state index is 13.8. The minimum atomic E-state index is -0.585. The van der Waals surface area contributed by atoms with Gasteiger partial charge in [0.1, 0.15) is 11.6 Å². The van der Waals surface area contributed by atoms with Crippen LogP contribution in [0.2, 0.25) is 0 Å². The molecule has 2 amide bonds. The number of carbonyl (C=O) groups is 2. The molecule has 1 atom stereocenters. The van der Waals surface area contributed by atoms with E-state index in [0.717, 1.165) is 36.0 Å². The van der Waals surface area contributed by atoms with Crippen LogP contribution in [0.3, 0.4) is 0 Å². The van der Waals surface area contributed by atoms with Crippen molar-refractivity contribution in [1.29, 1.82) is 0 Å². The van der Waals surface area contributed by atoms with E-state index in [1.165, 1.54) is 18.2 Å². The smallest absolute Gasteiger partial charge is 0.247 e. The molecule has 3 rings (SSSR count). The van der Waals surface area contributed by atoms with Gasteiger partial charge in [-0.2, -0.15) is 0 Å². The Kier molecular flexibility index (Phi) is 5.59. The average Bonchev–Trinajstić information content (AvgIpc) is 2.69. The van der Waals surface area contributed by atoms with Gasteiger partial charge in [0.25, 0.3) is 0 Å². The predicted octanol–water partition coefficient (Wildman–Crippen LogP) is 3.05. The minimum absolute atomic E-state index is 0.00724. The highest BCUT2D eigenvalue weighted by atomic mass is 19.1. The van der Waals surface area contributed by atoms with Crippen LogP contribution in [0, 0.1) is 11.7 Å². The van der Waals surface area contributed by atoms with Crippen LogP contribution >= 0.6 is 0 Å². The molecule has 1 aromatic carbocycles. The first-order valence-corrected chi connectivity index (χ1v) is 8.87. The largest absolute Gasteiger partial charge is 0.326 e. The number of hydrogen-bond donors (Lipinski definition) is 2. The average molecular weight is 368 g/mol. The molecule has 0 spiro atoms. The van der Waals surface area contributed by atoms with Crippen molar-refractivity contribution in [3.8, 4) is 0 Å². The molecule has 0 saturated heterocycles. The van der Waals surface area contributed by atoms with Crippen LogP contribution in [0.25, 0.3) is 0 Å². The van der Waals surface area contributed by atoms with E-state index in [1.54, 1.807) is 6.20 Å². The van der Waals surface area contributed by atoms with Crippen LogP contribution in [-0.4, -0.2) is 21.8 Å². The van der Waals surface area contributed by atoms with Gasteiger partial charge in [-0.3, -0.25) is 9.59 Å². The van der Waals surface area contributed by atoms with Crippen molar-refractivity contribution in [2.45, 2.75) is 32.6 Å². The quantitative estimate of drug-likeness (QED) is 0.795. The number of nitrogens with one attached hydrogen (secondary N) is 2. The van der Waals surface area contributed by atoms with Crippen LogP contribution in [0.1, 0.15) is 30.4 Å². The van der Waals surface area contributed by atoms with Gasteiger partial charge in [0.05, 0.1) is 5.69 Å². The Bertz CT molecular complexity index is 898. The third-order valence-electron chi connectivity index (χ3n) is 4.56. The van der Waals surface area contributed by atoms with Gasteiger partial charge in [0.15, 0.2) is 0 Å². The molecule has 2 aromatic rings. The maximum atomic E-state index is 13.8. The Hall–Kier alpha value is -3.09. The van der Waals surface area contributed by atoms with Crippen LogP contribution in [0.15, 0.2) is 37.1 Å². The van der Waals surface area contributed by atoms with E-state index in [2.05, 4.69) is 27.2 Å². The molecule has 1 aromatic heterocycles. The highest BCUT2D eigenvalue weighted by Gasteiger charge is 2.26. The Morgan fingerprint density at radius 1 is 1.37 bits per heavy atom. The monoisotopic (exact) mass is 368 g/mol. The number of amides is 2. The van der Waals surface area contributed by atoms with Crippen LogP contribution < -0.4 is 10.6 Å². The predicted molar refractivity (Wildman–Crippen MR) is 101 cm³/mol. The first-order chi connectivity index (χ1) is 13.0. The van der Waals surface area contributed by atoms with Crippen molar-refractivity contribution in [3.63, 3.8) is 0 Å². The fraction of sp³-hybridized carbons (Fsp3) is 0.300. The fourth-order valence-electron chi connectivity index (χ4n) is 3.07. The number of hydrogen-bond acceptors (Lipinski definition) is 4. The van der Waals surface area contributed by atoms with Gasteiger partial charge >= 0.3 is 0 Å². The van der Waals surface area contributed by atoms with E-state index in [0.29, 0.717) is 18.5 Å². The lowest BCUT2D eigenvalue weighted by Crippen LogP contribution is -2.29. The SMILES string of the molecule is C=CC(=O)Nc1cc(NC(=O)C2CCc3nc(CC)ncc3C2)ccc1F. The second-order valence-corrected chi connectivity index (χ2v) is 6.43. The lowest BCUT2D eigenvalue weighted by atomic mass is 9.86. The van der Waals surface area contributed by atoms with Gasteiger partial charge < -0.3 is 10.6 Å². The zero-order chi connectivity index (χ0) is 19.4. The highest BCUT2D eigenvalue weighted by Crippen LogP contribution is 2.26. The molecule has 1 heterocycles. The van der Waals surface area contributed by atoms with Crippen molar-refractivity contribution < 1.29 is 14.0 Å². The number of halogens is 1. The molecule has 0 saturated carbocycles. The lowest BCUT2D eigenvalue weighted by Gasteiger charge is -2.23. The summed E-state index contributed by atoms with van der Waals surface area (Å²) in [5.41, 5.74) is 2.43. The molecule has 0 fully saturated rings. The summed E-state index contributed by atoms with van der Waals surface area (Å²) in [7, 11) is 0. The zero-order valence-electron chi connectivity index (χ0n) is 15.1. The fourth-order valence-corrected chi connectivity index (χ4v) is 3.07. The van der Waals surface area contributed by atoms with Crippen molar-refractivity contribution in [3.05, 3.63) is 59.9 Å². The number of anilines is 2. The lowest BCUT2D eigenvalue weighted by molar-refractivity contribution is -0.120. The van der Waals surface area contributed by atoms with E-state index in [9.17, 15) is 14.0 Å². The molecule has 0 aliphatic heterocycles. The first-order valence-electron chi connectivity index (χ1n) is 8.87. The molecule has 0 bridgehead atoms. The number of nitrogens with zero attached hydrogens (tertiary/aromatic N) is 2. The van der Waals surface area contributed by atoms with E-state index >= 15 is 0 Å². The van der Waals surface area contributed by atoms with Gasteiger partial charge in [-0.25, -0.2) is 14.4 Å². The highest BCUT2D eigenvalue weighted by molar-refractivity contribution is 6.00. The molecular weight excluding hydrogens is 347 g/mol. The van der Waals surface area contributed by atoms with Gasteiger partial charge in [0, 0.05) is 29.9 Å². The number of benzene rings is 1. The number of rotatable bonds is 5. The summed E-state index contributed by atoms with van der Waals surface area (Å²) >= 11 is 0. The van der Waals surface area contributed by atoms with Gasteiger partial charge in [-0.15, -0.1) is 0 Å². The van der Waals surface area contributed by atoms with E-state index < -0.39 is 11.7 Å². The molecule has 2 N–H and O–H groups in total. The second-order valence-electron chi connectivity index (χ2n) is 6.43. The summed E-state index contributed by atoms with van der Waals surface area (Å²) in [5.74, 6) is -0.638. The first kappa shape index (κ1) is 18.7. The van der Waals surface area contributed by atoms with Crippen molar-refractivity contribution in [1.82, 2.24) is 9.97 Å². The van der Waals surface area contributed by atoms with E-state index in [1.807, 2.05) is 6.92 Å². The van der Waals surface area contributed by atoms with Crippen LogP contribution in [0.4, 0.5) is 15.8 Å². The third kappa shape index (κ3) is 4.36. The Balaban J connectivity index is 1.69. The van der Waals surface area contributed by atoms with E-state index in [4.69, 9.17) is 0 Å². The van der Waals surface area contributed by atoms with Gasteiger partial charge in [-0.1, -0.05) is 13.5 Å². The zero-order valence-corrected chi connectivity index (χ0v) is 15.1. The normalized spacial score (nSPS) is 15.6. The summed E-state index contributed by atoms with van der Waals surface area (Å²) in [5, 5.41) is 5.18. The van der Waals surface area contributed by atoms with Crippen LogP contribution in [0.5, 0.6) is 0 Å². The Morgan fingerprint density at radius 3 is 2.93 bits per heavy atom. The summed E-state index contributed by atoms with van der Waals surface area (Å²) in [6, 6.07) is 4.05. The van der Waals surface area contributed by atoms with Crippen LogP contribution in [-0.2, 0) is 28.9 Å². The molecule has 1 aliphatic carbocycles. The van der Waals surface area contributed by atoms with Crippen molar-refractivity contribution in [2.75, 3.05) is 10.6 Å². The third-order valence-corrected chi connectivity index (χ3v) is 4.56. The Labute approximate surface area is 156 Å². The van der Waals surface area contributed by atoms with Gasteiger partial charge in [-0.05, 0) is 49.1 Å². The Morgan fingerprint density at radius 2 is 2.19 bits per heavy atom. The molecule has 140 valence electrons. The number of carbonyl (C=O) groups excluding carboxylic acids is 2. The topological polar surface area (TPSA) is 84.0 Å².